The standard InChI is InChI=1S/C22H22F3NO3/c23-22(24,25)29-18-8-7-16(13-27)19(11-18)17-12-21(28-14-17)9-4-10-26-20(21)15-5-2-1-3-6-15/h1-3,5-8,11,13,17,20,26H,4,9-10,12,14H2/t17-,20-,21+/m0/s1. The van der Waals surface area contributed by atoms with Crippen molar-refractivity contribution in [1.82, 2.24) is 5.32 Å². The molecule has 1 spiro atoms. The van der Waals surface area contributed by atoms with Crippen molar-refractivity contribution in [2.75, 3.05) is 13.2 Å². The Labute approximate surface area is 167 Å². The second-order valence-corrected chi connectivity index (χ2v) is 7.63. The minimum absolute atomic E-state index is 0.00302. The van der Waals surface area contributed by atoms with Crippen LogP contribution in [-0.2, 0) is 4.74 Å². The summed E-state index contributed by atoms with van der Waals surface area (Å²) in [5.74, 6) is -0.501. The molecule has 0 amide bonds. The van der Waals surface area contributed by atoms with E-state index in [1.165, 1.54) is 18.2 Å². The molecule has 0 aromatic heterocycles. The molecule has 154 valence electrons. The summed E-state index contributed by atoms with van der Waals surface area (Å²) in [4.78, 5) is 11.5. The summed E-state index contributed by atoms with van der Waals surface area (Å²) in [6.07, 6.45) is -1.68. The molecule has 2 aliphatic rings. The molecule has 4 rings (SSSR count). The van der Waals surface area contributed by atoms with Crippen LogP contribution in [0.1, 0.15) is 52.7 Å². The molecule has 7 heteroatoms. The lowest BCUT2D eigenvalue weighted by Gasteiger charge is -2.41. The molecule has 2 aromatic carbocycles. The van der Waals surface area contributed by atoms with E-state index in [0.29, 0.717) is 30.4 Å². The Morgan fingerprint density at radius 1 is 1.17 bits per heavy atom. The highest BCUT2D eigenvalue weighted by atomic mass is 19.4. The van der Waals surface area contributed by atoms with Gasteiger partial charge in [0.05, 0.1) is 18.2 Å². The van der Waals surface area contributed by atoms with Gasteiger partial charge in [0, 0.05) is 11.5 Å². The molecular weight excluding hydrogens is 383 g/mol. The van der Waals surface area contributed by atoms with Gasteiger partial charge in [-0.05, 0) is 55.1 Å². The number of carbonyl (C=O) groups excluding carboxylic acids is 1. The Hall–Kier alpha value is -2.38. The number of carbonyl (C=O) groups is 1. The Bertz CT molecular complexity index is 871. The van der Waals surface area contributed by atoms with E-state index in [4.69, 9.17) is 4.74 Å². The zero-order valence-electron chi connectivity index (χ0n) is 15.7. The first-order valence-corrected chi connectivity index (χ1v) is 9.67. The molecule has 2 fully saturated rings. The van der Waals surface area contributed by atoms with Crippen molar-refractivity contribution in [3.05, 3.63) is 65.2 Å². The van der Waals surface area contributed by atoms with Crippen LogP contribution in [0.15, 0.2) is 48.5 Å². The number of ether oxygens (including phenoxy) is 2. The van der Waals surface area contributed by atoms with E-state index < -0.39 is 12.0 Å². The fourth-order valence-electron chi connectivity index (χ4n) is 4.62. The van der Waals surface area contributed by atoms with Gasteiger partial charge in [-0.2, -0.15) is 0 Å². The van der Waals surface area contributed by atoms with Crippen LogP contribution in [0.5, 0.6) is 5.75 Å². The summed E-state index contributed by atoms with van der Waals surface area (Å²) in [6.45, 7) is 1.23. The van der Waals surface area contributed by atoms with Crippen molar-refractivity contribution in [2.24, 2.45) is 0 Å². The van der Waals surface area contributed by atoms with Crippen molar-refractivity contribution in [3.63, 3.8) is 0 Å². The lowest BCUT2D eigenvalue weighted by Crippen LogP contribution is -2.48. The number of piperidine rings is 1. The van der Waals surface area contributed by atoms with Gasteiger partial charge >= 0.3 is 6.36 Å². The first-order chi connectivity index (χ1) is 13.9. The summed E-state index contributed by atoms with van der Waals surface area (Å²) in [5.41, 5.74) is 1.57. The maximum atomic E-state index is 12.6. The van der Waals surface area contributed by atoms with Crippen LogP contribution in [0.4, 0.5) is 13.2 Å². The number of rotatable bonds is 4. The van der Waals surface area contributed by atoms with E-state index in [9.17, 15) is 18.0 Å². The molecular formula is C22H22F3NO3. The van der Waals surface area contributed by atoms with Gasteiger partial charge in [0.2, 0.25) is 0 Å². The summed E-state index contributed by atoms with van der Waals surface area (Å²) in [6, 6.07) is 13.9. The largest absolute Gasteiger partial charge is 0.573 e. The third kappa shape index (κ3) is 4.16. The van der Waals surface area contributed by atoms with Crippen molar-refractivity contribution in [2.45, 2.75) is 43.2 Å². The fraction of sp³-hybridized carbons (Fsp3) is 0.409. The molecule has 0 radical (unpaired) electrons. The van der Waals surface area contributed by atoms with E-state index in [-0.39, 0.29) is 17.7 Å². The Morgan fingerprint density at radius 3 is 2.69 bits per heavy atom. The zero-order valence-corrected chi connectivity index (χ0v) is 15.7. The molecule has 2 heterocycles. The van der Waals surface area contributed by atoms with E-state index in [1.807, 2.05) is 18.2 Å². The molecule has 2 saturated heterocycles. The third-order valence-corrected chi connectivity index (χ3v) is 5.81. The number of benzene rings is 2. The van der Waals surface area contributed by atoms with Gasteiger partial charge < -0.3 is 14.8 Å². The van der Waals surface area contributed by atoms with E-state index in [2.05, 4.69) is 22.2 Å². The van der Waals surface area contributed by atoms with Gasteiger partial charge in [0.1, 0.15) is 12.0 Å². The Kier molecular flexibility index (Phi) is 5.36. The molecule has 0 saturated carbocycles. The van der Waals surface area contributed by atoms with Crippen molar-refractivity contribution in [1.29, 1.82) is 0 Å². The predicted molar refractivity (Wildman–Crippen MR) is 101 cm³/mol. The van der Waals surface area contributed by atoms with Crippen LogP contribution in [0, 0.1) is 0 Å². The fourth-order valence-corrected chi connectivity index (χ4v) is 4.62. The second-order valence-electron chi connectivity index (χ2n) is 7.63. The van der Waals surface area contributed by atoms with Gasteiger partial charge in [-0.1, -0.05) is 30.3 Å². The SMILES string of the molecule is O=Cc1ccc(OC(F)(F)F)cc1[C@@H]1CO[C@]2(CCCN[C@H]2c2ccccc2)C1. The molecule has 29 heavy (non-hydrogen) atoms. The average molecular weight is 405 g/mol. The number of aldehydes is 1. The van der Waals surface area contributed by atoms with E-state index in [0.717, 1.165) is 24.9 Å². The van der Waals surface area contributed by atoms with E-state index in [1.54, 1.807) is 0 Å². The number of nitrogens with one attached hydrogen (secondary N) is 1. The smallest absolute Gasteiger partial charge is 0.406 e. The van der Waals surface area contributed by atoms with Crippen LogP contribution in [0.3, 0.4) is 0 Å². The van der Waals surface area contributed by atoms with Gasteiger partial charge in [0.25, 0.3) is 0 Å². The van der Waals surface area contributed by atoms with Crippen LogP contribution in [-0.4, -0.2) is 31.4 Å². The lowest BCUT2D eigenvalue weighted by molar-refractivity contribution is -0.274. The molecule has 1 N–H and O–H groups in total. The van der Waals surface area contributed by atoms with Crippen LogP contribution < -0.4 is 10.1 Å². The Morgan fingerprint density at radius 2 is 1.97 bits per heavy atom. The predicted octanol–water partition coefficient (Wildman–Crippen LogP) is 4.77. The van der Waals surface area contributed by atoms with Gasteiger partial charge in [-0.25, -0.2) is 0 Å². The van der Waals surface area contributed by atoms with Crippen molar-refractivity contribution < 1.29 is 27.4 Å². The highest BCUT2D eigenvalue weighted by Crippen LogP contribution is 2.49. The number of hydrogen-bond acceptors (Lipinski definition) is 4. The van der Waals surface area contributed by atoms with Crippen molar-refractivity contribution >= 4 is 6.29 Å². The summed E-state index contributed by atoms with van der Waals surface area (Å²) >= 11 is 0. The molecule has 4 nitrogen and oxygen atoms in total. The molecule has 2 aliphatic heterocycles. The number of halogens is 3. The quantitative estimate of drug-likeness (QED) is 0.745. The van der Waals surface area contributed by atoms with Gasteiger partial charge in [-0.3, -0.25) is 4.79 Å². The normalized spacial score (nSPS) is 27.1. The molecule has 0 aliphatic carbocycles. The minimum atomic E-state index is -4.78. The highest BCUT2D eigenvalue weighted by Gasteiger charge is 2.49. The number of hydrogen-bond donors (Lipinski definition) is 1. The maximum absolute atomic E-state index is 12.6. The first-order valence-electron chi connectivity index (χ1n) is 9.67. The lowest BCUT2D eigenvalue weighted by atomic mass is 9.76. The van der Waals surface area contributed by atoms with Gasteiger partial charge in [-0.15, -0.1) is 13.2 Å². The van der Waals surface area contributed by atoms with Crippen molar-refractivity contribution in [3.8, 4) is 5.75 Å². The molecule has 0 unspecified atom stereocenters. The highest BCUT2D eigenvalue weighted by molar-refractivity contribution is 5.78. The molecule has 0 bridgehead atoms. The molecule has 2 aromatic rings. The number of alkyl halides is 3. The Balaban J connectivity index is 1.63. The second kappa shape index (κ2) is 7.80. The minimum Gasteiger partial charge on any atom is -0.406 e. The van der Waals surface area contributed by atoms with E-state index >= 15 is 0 Å². The van der Waals surface area contributed by atoms with Crippen LogP contribution in [0.2, 0.25) is 0 Å². The topological polar surface area (TPSA) is 47.6 Å². The zero-order chi connectivity index (χ0) is 20.5. The van der Waals surface area contributed by atoms with Gasteiger partial charge in [0.15, 0.2) is 0 Å². The monoisotopic (exact) mass is 405 g/mol. The first kappa shape index (κ1) is 19.9. The molecule has 3 atom stereocenters. The summed E-state index contributed by atoms with van der Waals surface area (Å²) < 4.78 is 48.3. The van der Waals surface area contributed by atoms with Crippen LogP contribution in [0.25, 0.3) is 0 Å². The summed E-state index contributed by atoms with van der Waals surface area (Å²) in [7, 11) is 0. The van der Waals surface area contributed by atoms with Crippen LogP contribution >= 0.6 is 0 Å². The average Bonchev–Trinajstić information content (AvgIpc) is 3.12. The summed E-state index contributed by atoms with van der Waals surface area (Å²) in [5, 5.41) is 3.54. The third-order valence-electron chi connectivity index (χ3n) is 5.81. The maximum Gasteiger partial charge on any atom is 0.573 e.